The third-order valence-corrected chi connectivity index (χ3v) is 9.34. The van der Waals surface area contributed by atoms with Crippen LogP contribution in [-0.4, -0.2) is 25.2 Å². The van der Waals surface area contributed by atoms with E-state index in [-0.39, 0.29) is 13.2 Å². The van der Waals surface area contributed by atoms with Gasteiger partial charge in [-0.05, 0) is 34.1 Å². The Morgan fingerprint density at radius 3 is 1.06 bits per heavy atom. The second-order valence-electron chi connectivity index (χ2n) is 11.9. The van der Waals surface area contributed by atoms with Gasteiger partial charge in [-0.3, -0.25) is 0 Å². The summed E-state index contributed by atoms with van der Waals surface area (Å²) in [7, 11) is 0. The molecule has 0 aliphatic carbocycles. The van der Waals surface area contributed by atoms with E-state index in [1.807, 2.05) is 135 Å². The molecule has 240 valence electrons. The van der Waals surface area contributed by atoms with E-state index in [0.717, 1.165) is 22.3 Å². The summed E-state index contributed by atoms with van der Waals surface area (Å²) in [6.45, 7) is 7.67. The van der Waals surface area contributed by atoms with Crippen LogP contribution in [0.1, 0.15) is 56.4 Å². The van der Waals surface area contributed by atoms with Crippen LogP contribution in [0.4, 0.5) is 0 Å². The van der Waals surface area contributed by atoms with E-state index in [9.17, 15) is 9.59 Å². The number of esters is 2. The van der Waals surface area contributed by atoms with Crippen molar-refractivity contribution < 1.29 is 28.5 Å². The van der Waals surface area contributed by atoms with E-state index < -0.39 is 35.0 Å². The van der Waals surface area contributed by atoms with Crippen molar-refractivity contribution in [1.82, 2.24) is 0 Å². The molecule has 2 unspecified atom stereocenters. The third-order valence-electron chi connectivity index (χ3n) is 9.34. The minimum Gasteiger partial charge on any atom is -0.481 e. The molecule has 0 radical (unpaired) electrons. The normalized spacial score (nSPS) is 19.6. The van der Waals surface area contributed by atoms with E-state index >= 15 is 0 Å². The monoisotopic (exact) mass is 628 g/mol. The molecule has 2 heterocycles. The van der Waals surface area contributed by atoms with Crippen LogP contribution in [-0.2, 0) is 39.7 Å². The zero-order chi connectivity index (χ0) is 33.0. The largest absolute Gasteiger partial charge is 0.481 e. The van der Waals surface area contributed by atoms with Crippen molar-refractivity contribution in [3.05, 3.63) is 166 Å². The van der Waals surface area contributed by atoms with Crippen molar-refractivity contribution in [3.8, 4) is 0 Å². The maximum absolute atomic E-state index is 14.0. The number of hydrogen-bond acceptors (Lipinski definition) is 6. The second-order valence-corrected chi connectivity index (χ2v) is 11.9. The highest BCUT2D eigenvalue weighted by Crippen LogP contribution is 2.59. The van der Waals surface area contributed by atoms with Gasteiger partial charge in [0.05, 0.1) is 24.4 Å². The van der Waals surface area contributed by atoms with Gasteiger partial charge in [0.2, 0.25) is 0 Å². The number of benzene rings is 4. The number of ether oxygens (including phenoxy) is 4. The summed E-state index contributed by atoms with van der Waals surface area (Å²) < 4.78 is 25.4. The first-order valence-electron chi connectivity index (χ1n) is 16.2. The summed E-state index contributed by atoms with van der Waals surface area (Å²) in [4.78, 5) is 28.0. The molecule has 0 aromatic heterocycles. The minimum absolute atomic E-state index is 0.212. The van der Waals surface area contributed by atoms with E-state index in [1.54, 1.807) is 13.8 Å². The summed E-state index contributed by atoms with van der Waals surface area (Å²) in [5.74, 6) is -1.06. The van der Waals surface area contributed by atoms with Crippen LogP contribution < -0.4 is 0 Å². The molecule has 47 heavy (non-hydrogen) atoms. The Hall–Kier alpha value is -5.10. The minimum atomic E-state index is -1.11. The van der Waals surface area contributed by atoms with Gasteiger partial charge in [0, 0.05) is 34.1 Å². The quantitative estimate of drug-likeness (QED) is 0.165. The van der Waals surface area contributed by atoms with Gasteiger partial charge in [-0.1, -0.05) is 121 Å². The van der Waals surface area contributed by atoms with Gasteiger partial charge in [-0.2, -0.15) is 0 Å². The first kappa shape index (κ1) is 31.9. The van der Waals surface area contributed by atoms with Crippen LogP contribution in [0.5, 0.6) is 0 Å². The molecule has 2 aliphatic rings. The molecule has 2 aliphatic heterocycles. The highest BCUT2D eigenvalue weighted by atomic mass is 16.5. The van der Waals surface area contributed by atoms with Crippen molar-refractivity contribution in [2.24, 2.45) is 11.8 Å². The molecule has 4 aromatic carbocycles. The summed E-state index contributed by atoms with van der Waals surface area (Å²) >= 11 is 0. The van der Waals surface area contributed by atoms with Crippen LogP contribution in [0.3, 0.4) is 0 Å². The lowest BCUT2D eigenvalue weighted by molar-refractivity contribution is -0.139. The van der Waals surface area contributed by atoms with Crippen molar-refractivity contribution in [2.45, 2.75) is 45.3 Å². The third kappa shape index (κ3) is 5.42. The maximum Gasteiger partial charge on any atom is 0.337 e. The Labute approximate surface area is 276 Å². The predicted octanol–water partition coefficient (Wildman–Crippen LogP) is 8.23. The Kier molecular flexibility index (Phi) is 9.04. The molecule has 6 rings (SSSR count). The highest BCUT2D eigenvalue weighted by Gasteiger charge is 2.60. The molecule has 0 N–H and O–H groups in total. The van der Waals surface area contributed by atoms with E-state index in [4.69, 9.17) is 18.9 Å². The van der Waals surface area contributed by atoms with Gasteiger partial charge < -0.3 is 18.9 Å². The standard InChI is InChI=1S/C41H40O6/c1-5-44-38(42)36-28(3)46-40(30-19-11-7-12-20-30,31-21-13-8-14-22-31)34(36)27-35-37(39(43)45-6-2)29(4)47-41(35,32-23-15-9-16-24-32)33-25-17-10-18-26-33/h7-26,34-35H,5-6,27H2,1-4H3. The van der Waals surface area contributed by atoms with Crippen LogP contribution in [0.15, 0.2) is 144 Å². The molecule has 6 nitrogen and oxygen atoms in total. The number of rotatable bonds is 10. The average Bonchev–Trinajstić information content (AvgIpc) is 3.58. The van der Waals surface area contributed by atoms with Gasteiger partial charge in [0.1, 0.15) is 11.5 Å². The topological polar surface area (TPSA) is 71.1 Å². The SMILES string of the molecule is CCOC(=O)C1=C(C)OC(c2ccccc2)(c2ccccc2)C1CC1C(C(=O)OCC)=C(C)OC1(c1ccccc1)c1ccccc1. The molecule has 2 atom stereocenters. The highest BCUT2D eigenvalue weighted by molar-refractivity contribution is 5.92. The Morgan fingerprint density at radius 1 is 0.532 bits per heavy atom. The van der Waals surface area contributed by atoms with Gasteiger partial charge in [-0.25, -0.2) is 9.59 Å². The van der Waals surface area contributed by atoms with Gasteiger partial charge in [0.25, 0.3) is 0 Å². The van der Waals surface area contributed by atoms with E-state index in [2.05, 4.69) is 0 Å². The molecule has 6 heteroatoms. The van der Waals surface area contributed by atoms with Crippen LogP contribution >= 0.6 is 0 Å². The first-order chi connectivity index (χ1) is 22.9. The maximum atomic E-state index is 14.0. The Morgan fingerprint density at radius 2 is 0.809 bits per heavy atom. The summed E-state index contributed by atoms with van der Waals surface area (Å²) in [5, 5.41) is 0. The van der Waals surface area contributed by atoms with Crippen molar-refractivity contribution in [2.75, 3.05) is 13.2 Å². The number of hydrogen-bond donors (Lipinski definition) is 0. The predicted molar refractivity (Wildman–Crippen MR) is 180 cm³/mol. The molecule has 0 saturated carbocycles. The molecule has 0 spiro atoms. The van der Waals surface area contributed by atoms with Crippen LogP contribution in [0.25, 0.3) is 0 Å². The molecule has 0 amide bonds. The van der Waals surface area contributed by atoms with Crippen LogP contribution in [0, 0.1) is 11.8 Å². The number of carbonyl (C=O) groups is 2. The molecule has 0 saturated heterocycles. The lowest BCUT2D eigenvalue weighted by Gasteiger charge is -2.42. The van der Waals surface area contributed by atoms with Gasteiger partial charge >= 0.3 is 11.9 Å². The lowest BCUT2D eigenvalue weighted by Crippen LogP contribution is -2.43. The van der Waals surface area contributed by atoms with Gasteiger partial charge in [0.15, 0.2) is 11.2 Å². The lowest BCUT2D eigenvalue weighted by atomic mass is 9.64. The average molecular weight is 629 g/mol. The van der Waals surface area contributed by atoms with E-state index in [1.165, 1.54) is 0 Å². The van der Waals surface area contributed by atoms with Crippen LogP contribution in [0.2, 0.25) is 0 Å². The van der Waals surface area contributed by atoms with Gasteiger partial charge in [-0.15, -0.1) is 0 Å². The molecule has 4 aromatic rings. The zero-order valence-electron chi connectivity index (χ0n) is 27.3. The fraction of sp³-hybridized carbons (Fsp3) is 0.268. The number of allylic oxidation sites excluding steroid dienone is 2. The molecular formula is C41H40O6. The fourth-order valence-electron chi connectivity index (χ4n) is 7.54. The zero-order valence-corrected chi connectivity index (χ0v) is 27.3. The summed E-state index contributed by atoms with van der Waals surface area (Å²) in [6, 6.07) is 39.9. The fourth-order valence-corrected chi connectivity index (χ4v) is 7.54. The molecule has 0 fully saturated rings. The Balaban J connectivity index is 1.65. The molecule has 0 bridgehead atoms. The second kappa shape index (κ2) is 13.3. The molecular weight excluding hydrogens is 588 g/mol. The number of carbonyl (C=O) groups excluding carboxylic acids is 2. The summed E-state index contributed by atoms with van der Waals surface area (Å²) in [6.07, 6.45) is 0.296. The Bertz CT molecular complexity index is 1570. The van der Waals surface area contributed by atoms with Crippen molar-refractivity contribution in [3.63, 3.8) is 0 Å². The smallest absolute Gasteiger partial charge is 0.337 e. The van der Waals surface area contributed by atoms with Crippen molar-refractivity contribution >= 4 is 11.9 Å². The first-order valence-corrected chi connectivity index (χ1v) is 16.2. The van der Waals surface area contributed by atoms with Crippen molar-refractivity contribution in [1.29, 1.82) is 0 Å². The summed E-state index contributed by atoms with van der Waals surface area (Å²) in [5.41, 5.74) is 2.22. The van der Waals surface area contributed by atoms with E-state index in [0.29, 0.717) is 29.1 Å².